The number of hydrogen-bond donors (Lipinski definition) is 2. The lowest BCUT2D eigenvalue weighted by Gasteiger charge is -2.19. The number of nitrogens with zero attached hydrogens (tertiary/aromatic N) is 2. The normalized spacial score (nSPS) is 15.4. The first-order valence-electron chi connectivity index (χ1n) is 9.32. The number of aliphatic carboxylic acids is 1. The molecule has 0 radical (unpaired) electrons. The van der Waals surface area contributed by atoms with Gasteiger partial charge in [0.25, 0.3) is 5.56 Å². The number of aryl methyl sites for hydroxylation is 1. The fourth-order valence-electron chi connectivity index (χ4n) is 3.79. The van der Waals surface area contributed by atoms with Crippen LogP contribution in [-0.4, -0.2) is 27.2 Å². The Kier molecular flexibility index (Phi) is 4.93. The largest absolute Gasteiger partial charge is 0.480 e. The summed E-state index contributed by atoms with van der Waals surface area (Å²) in [5.41, 5.74) is 2.56. The predicted molar refractivity (Wildman–Crippen MR) is 107 cm³/mol. The first kappa shape index (κ1) is 18.0. The van der Waals surface area contributed by atoms with Crippen molar-refractivity contribution in [1.82, 2.24) is 9.55 Å². The highest BCUT2D eigenvalue weighted by Gasteiger charge is 2.30. The highest BCUT2D eigenvalue weighted by atomic mass is 16.4. The third-order valence-electron chi connectivity index (χ3n) is 5.22. The van der Waals surface area contributed by atoms with Gasteiger partial charge in [-0.1, -0.05) is 60.7 Å². The molecule has 0 bridgehead atoms. The molecule has 3 aromatic rings. The Morgan fingerprint density at radius 2 is 1.71 bits per heavy atom. The van der Waals surface area contributed by atoms with Crippen molar-refractivity contribution in [1.29, 1.82) is 0 Å². The molecule has 1 aliphatic heterocycles. The second-order valence-corrected chi connectivity index (χ2v) is 6.92. The van der Waals surface area contributed by atoms with Gasteiger partial charge < -0.3 is 10.4 Å². The van der Waals surface area contributed by atoms with Crippen molar-refractivity contribution < 1.29 is 9.90 Å². The molecule has 0 fully saturated rings. The van der Waals surface area contributed by atoms with Crippen LogP contribution in [0.3, 0.4) is 0 Å². The summed E-state index contributed by atoms with van der Waals surface area (Å²) in [6, 6.07) is 19.3. The van der Waals surface area contributed by atoms with Crippen molar-refractivity contribution in [3.63, 3.8) is 0 Å². The highest BCUT2D eigenvalue weighted by molar-refractivity contribution is 5.72. The van der Waals surface area contributed by atoms with Crippen LogP contribution < -0.4 is 10.9 Å². The van der Waals surface area contributed by atoms with E-state index in [0.717, 1.165) is 11.1 Å². The van der Waals surface area contributed by atoms with E-state index in [0.29, 0.717) is 25.1 Å². The summed E-state index contributed by atoms with van der Waals surface area (Å²) in [4.78, 5) is 28.6. The van der Waals surface area contributed by atoms with E-state index in [2.05, 4.69) is 34.6 Å². The fourth-order valence-corrected chi connectivity index (χ4v) is 3.79. The minimum absolute atomic E-state index is 0.0390. The third-order valence-corrected chi connectivity index (χ3v) is 5.22. The van der Waals surface area contributed by atoms with Gasteiger partial charge in [0, 0.05) is 24.4 Å². The Balaban J connectivity index is 1.63. The lowest BCUT2D eigenvalue weighted by Crippen LogP contribution is -2.31. The lowest BCUT2D eigenvalue weighted by atomic mass is 9.91. The number of carboxylic acid groups (broad SMARTS) is 1. The van der Waals surface area contributed by atoms with Crippen molar-refractivity contribution in [3.05, 3.63) is 94.0 Å². The average molecular weight is 375 g/mol. The van der Waals surface area contributed by atoms with E-state index >= 15 is 0 Å². The third kappa shape index (κ3) is 3.41. The van der Waals surface area contributed by atoms with Gasteiger partial charge in [0.2, 0.25) is 0 Å². The summed E-state index contributed by atoms with van der Waals surface area (Å²) < 4.78 is 1.36. The second-order valence-electron chi connectivity index (χ2n) is 6.92. The van der Waals surface area contributed by atoms with Crippen LogP contribution in [0.5, 0.6) is 0 Å². The van der Waals surface area contributed by atoms with Crippen LogP contribution in [0.4, 0.5) is 5.82 Å². The van der Waals surface area contributed by atoms with E-state index in [4.69, 9.17) is 0 Å². The molecule has 0 unspecified atom stereocenters. The summed E-state index contributed by atoms with van der Waals surface area (Å²) in [6.07, 6.45) is 2.58. The average Bonchev–Trinajstić information content (AvgIpc) is 3.17. The van der Waals surface area contributed by atoms with E-state index in [1.165, 1.54) is 4.57 Å². The van der Waals surface area contributed by atoms with Crippen LogP contribution >= 0.6 is 0 Å². The Bertz CT molecular complexity index is 992. The predicted octanol–water partition coefficient (Wildman–Crippen LogP) is 3.06. The van der Waals surface area contributed by atoms with Crippen LogP contribution in [0.2, 0.25) is 0 Å². The second kappa shape index (κ2) is 7.68. The first-order valence-corrected chi connectivity index (χ1v) is 9.32. The van der Waals surface area contributed by atoms with Crippen LogP contribution in [0.25, 0.3) is 0 Å². The van der Waals surface area contributed by atoms with Gasteiger partial charge >= 0.3 is 5.97 Å². The SMILES string of the molecule is O=C(O)[C@@H]1CCc2cnc(NCC(c3ccccc3)c3ccccc3)c(=O)n21. The molecule has 2 aromatic carbocycles. The molecule has 0 aliphatic carbocycles. The molecule has 1 atom stereocenters. The standard InChI is InChI=1S/C22H21N3O3/c26-21-20(23-13-17-11-12-19(22(27)28)25(17)21)24-14-18(15-7-3-1-4-8-15)16-9-5-2-6-10-16/h1-10,13,18-19H,11-12,14H2,(H,23,24)(H,27,28)/t19-/m0/s1. The number of aromatic nitrogens is 2. The summed E-state index contributed by atoms with van der Waals surface area (Å²) in [7, 11) is 0. The summed E-state index contributed by atoms with van der Waals surface area (Å²) in [5.74, 6) is -0.754. The van der Waals surface area contributed by atoms with Crippen LogP contribution in [-0.2, 0) is 11.2 Å². The Morgan fingerprint density at radius 3 is 2.29 bits per heavy atom. The number of rotatable bonds is 6. The van der Waals surface area contributed by atoms with Gasteiger partial charge in [-0.25, -0.2) is 9.78 Å². The zero-order valence-electron chi connectivity index (χ0n) is 15.3. The molecule has 6 nitrogen and oxygen atoms in total. The molecule has 2 N–H and O–H groups in total. The number of fused-ring (bicyclic) bond motifs is 1. The van der Waals surface area contributed by atoms with E-state index in [9.17, 15) is 14.7 Å². The van der Waals surface area contributed by atoms with E-state index < -0.39 is 12.0 Å². The molecule has 0 spiro atoms. The van der Waals surface area contributed by atoms with E-state index in [1.807, 2.05) is 36.4 Å². The van der Waals surface area contributed by atoms with Gasteiger partial charge in [0.05, 0.1) is 0 Å². The molecule has 142 valence electrons. The molecule has 1 aliphatic rings. The van der Waals surface area contributed by atoms with Crippen molar-refractivity contribution in [3.8, 4) is 0 Å². The number of hydrogen-bond acceptors (Lipinski definition) is 4. The minimum Gasteiger partial charge on any atom is -0.480 e. The molecule has 28 heavy (non-hydrogen) atoms. The topological polar surface area (TPSA) is 84.2 Å². The molecule has 0 saturated heterocycles. The minimum atomic E-state index is -0.982. The molecule has 2 heterocycles. The Labute approximate surface area is 162 Å². The van der Waals surface area contributed by atoms with Gasteiger partial charge in [-0.2, -0.15) is 0 Å². The summed E-state index contributed by atoms with van der Waals surface area (Å²) in [5, 5.41) is 12.6. The molecular formula is C22H21N3O3. The van der Waals surface area contributed by atoms with E-state index in [-0.39, 0.29) is 17.3 Å². The van der Waals surface area contributed by atoms with Gasteiger partial charge in [-0.15, -0.1) is 0 Å². The maximum Gasteiger partial charge on any atom is 0.326 e. The maximum absolute atomic E-state index is 12.8. The van der Waals surface area contributed by atoms with Crippen molar-refractivity contribution in [2.45, 2.75) is 24.8 Å². The van der Waals surface area contributed by atoms with Gasteiger partial charge in [-0.3, -0.25) is 9.36 Å². The molecular weight excluding hydrogens is 354 g/mol. The number of carboxylic acids is 1. The lowest BCUT2D eigenvalue weighted by molar-refractivity contribution is -0.140. The van der Waals surface area contributed by atoms with Crippen LogP contribution in [0.1, 0.15) is 35.2 Å². The van der Waals surface area contributed by atoms with Gasteiger partial charge in [0.1, 0.15) is 6.04 Å². The van der Waals surface area contributed by atoms with Crippen molar-refractivity contribution >= 4 is 11.8 Å². The molecule has 6 heteroatoms. The monoisotopic (exact) mass is 375 g/mol. The smallest absolute Gasteiger partial charge is 0.326 e. The van der Waals surface area contributed by atoms with Crippen molar-refractivity contribution in [2.75, 3.05) is 11.9 Å². The van der Waals surface area contributed by atoms with Crippen LogP contribution in [0.15, 0.2) is 71.7 Å². The first-order chi connectivity index (χ1) is 13.6. The van der Waals surface area contributed by atoms with E-state index in [1.54, 1.807) is 6.20 Å². The Morgan fingerprint density at radius 1 is 1.11 bits per heavy atom. The number of nitrogens with one attached hydrogen (secondary N) is 1. The maximum atomic E-state index is 12.8. The Hall–Kier alpha value is -3.41. The number of benzene rings is 2. The zero-order chi connectivity index (χ0) is 19.5. The summed E-state index contributed by atoms with van der Waals surface area (Å²) in [6.45, 7) is 0.480. The van der Waals surface area contributed by atoms with Gasteiger partial charge in [0.15, 0.2) is 5.82 Å². The number of anilines is 1. The molecule has 1 aromatic heterocycles. The summed E-state index contributed by atoms with van der Waals surface area (Å²) >= 11 is 0. The molecule has 0 amide bonds. The molecule has 0 saturated carbocycles. The quantitative estimate of drug-likeness (QED) is 0.692. The number of carbonyl (C=O) groups is 1. The molecule has 4 rings (SSSR count). The zero-order valence-corrected chi connectivity index (χ0v) is 15.3. The highest BCUT2D eigenvalue weighted by Crippen LogP contribution is 2.26. The van der Waals surface area contributed by atoms with Crippen LogP contribution in [0, 0.1) is 0 Å². The van der Waals surface area contributed by atoms with Gasteiger partial charge in [-0.05, 0) is 24.0 Å². The van der Waals surface area contributed by atoms with Crippen molar-refractivity contribution in [2.24, 2.45) is 0 Å². The fraction of sp³-hybridized carbons (Fsp3) is 0.227.